The van der Waals surface area contributed by atoms with Crippen LogP contribution in [0.5, 0.6) is 11.5 Å². The predicted octanol–water partition coefficient (Wildman–Crippen LogP) is 4.57. The van der Waals surface area contributed by atoms with E-state index in [1.807, 2.05) is 54.6 Å². The van der Waals surface area contributed by atoms with E-state index in [0.29, 0.717) is 17.0 Å². The van der Waals surface area contributed by atoms with E-state index in [1.54, 1.807) is 37.5 Å². The van der Waals surface area contributed by atoms with Crippen LogP contribution in [0, 0.1) is 0 Å². The van der Waals surface area contributed by atoms with Crippen molar-refractivity contribution < 1.29 is 19.1 Å². The Bertz CT molecular complexity index is 962. The van der Waals surface area contributed by atoms with Crippen LogP contribution >= 0.6 is 0 Å². The molecule has 28 heavy (non-hydrogen) atoms. The molecule has 5 nitrogen and oxygen atoms in total. The lowest BCUT2D eigenvalue weighted by Crippen LogP contribution is -2.11. The molecule has 0 spiro atoms. The summed E-state index contributed by atoms with van der Waals surface area (Å²) < 4.78 is 10.3. The summed E-state index contributed by atoms with van der Waals surface area (Å²) in [4.78, 5) is 24.2. The van der Waals surface area contributed by atoms with Crippen LogP contribution in [0.25, 0.3) is 6.08 Å². The van der Waals surface area contributed by atoms with Gasteiger partial charge in [0.1, 0.15) is 11.5 Å². The van der Waals surface area contributed by atoms with Gasteiger partial charge in [0, 0.05) is 17.3 Å². The number of anilines is 1. The Morgan fingerprint density at radius 3 is 2.11 bits per heavy atom. The highest BCUT2D eigenvalue weighted by molar-refractivity contribution is 6.04. The molecule has 140 valence electrons. The second-order valence-electron chi connectivity index (χ2n) is 5.87. The van der Waals surface area contributed by atoms with Crippen molar-refractivity contribution in [2.75, 3.05) is 12.4 Å². The number of methoxy groups -OCH3 is 1. The highest BCUT2D eigenvalue weighted by Gasteiger charge is 2.07. The largest absolute Gasteiger partial charge is 0.497 e. The molecule has 3 rings (SSSR count). The first kappa shape index (κ1) is 18.9. The number of hydrogen-bond acceptors (Lipinski definition) is 4. The lowest BCUT2D eigenvalue weighted by Gasteiger charge is -2.06. The van der Waals surface area contributed by atoms with Crippen LogP contribution < -0.4 is 14.8 Å². The fourth-order valence-electron chi connectivity index (χ4n) is 2.43. The molecule has 0 aliphatic heterocycles. The summed E-state index contributed by atoms with van der Waals surface area (Å²) in [6, 6.07) is 22.9. The summed E-state index contributed by atoms with van der Waals surface area (Å²) in [7, 11) is 1.60. The standard InChI is InChI=1S/C23H19NO4/c1-27-20-12-7-17(8-13-20)9-16-22(25)28-21-14-10-18(11-15-21)23(26)24-19-5-3-2-4-6-19/h2-16H,1H3,(H,24,26)/b16-9+. The smallest absolute Gasteiger partial charge is 0.336 e. The molecule has 0 aromatic heterocycles. The van der Waals surface area contributed by atoms with E-state index in [4.69, 9.17) is 9.47 Å². The third kappa shape index (κ3) is 5.32. The Morgan fingerprint density at radius 2 is 1.46 bits per heavy atom. The molecule has 3 aromatic rings. The molecule has 0 aliphatic rings. The van der Waals surface area contributed by atoms with Gasteiger partial charge in [-0.15, -0.1) is 0 Å². The average Bonchev–Trinajstić information content (AvgIpc) is 2.74. The van der Waals surface area contributed by atoms with Crippen LogP contribution in [-0.2, 0) is 4.79 Å². The lowest BCUT2D eigenvalue weighted by molar-refractivity contribution is -0.128. The van der Waals surface area contributed by atoms with E-state index in [-0.39, 0.29) is 5.91 Å². The number of rotatable bonds is 6. The molecule has 0 heterocycles. The average molecular weight is 373 g/mol. The summed E-state index contributed by atoms with van der Waals surface area (Å²) in [6.07, 6.45) is 3.00. The molecular formula is C23H19NO4. The van der Waals surface area contributed by atoms with Gasteiger partial charge in [0.25, 0.3) is 5.91 Å². The molecule has 0 unspecified atom stereocenters. The maximum absolute atomic E-state index is 12.2. The van der Waals surface area contributed by atoms with Crippen LogP contribution in [0.4, 0.5) is 5.69 Å². The summed E-state index contributed by atoms with van der Waals surface area (Å²) in [6.45, 7) is 0. The van der Waals surface area contributed by atoms with Crippen molar-refractivity contribution in [1.29, 1.82) is 0 Å². The van der Waals surface area contributed by atoms with Gasteiger partial charge in [-0.05, 0) is 60.2 Å². The minimum absolute atomic E-state index is 0.233. The number of hydrogen-bond donors (Lipinski definition) is 1. The first-order valence-corrected chi connectivity index (χ1v) is 8.64. The monoisotopic (exact) mass is 373 g/mol. The number of ether oxygens (including phenoxy) is 2. The topological polar surface area (TPSA) is 64.6 Å². The maximum Gasteiger partial charge on any atom is 0.336 e. The van der Waals surface area contributed by atoms with Crippen LogP contribution in [-0.4, -0.2) is 19.0 Å². The molecule has 0 aliphatic carbocycles. The lowest BCUT2D eigenvalue weighted by atomic mass is 10.2. The quantitative estimate of drug-likeness (QED) is 0.391. The molecule has 0 fully saturated rings. The molecule has 0 saturated carbocycles. The van der Waals surface area contributed by atoms with Crippen LogP contribution in [0.1, 0.15) is 15.9 Å². The second kappa shape index (κ2) is 9.19. The highest BCUT2D eigenvalue weighted by atomic mass is 16.5. The van der Waals surface area contributed by atoms with Gasteiger partial charge in [-0.1, -0.05) is 30.3 Å². The predicted molar refractivity (Wildman–Crippen MR) is 109 cm³/mol. The zero-order chi connectivity index (χ0) is 19.8. The molecule has 1 amide bonds. The number of nitrogens with one attached hydrogen (secondary N) is 1. The minimum Gasteiger partial charge on any atom is -0.497 e. The zero-order valence-electron chi connectivity index (χ0n) is 15.3. The Kier molecular flexibility index (Phi) is 6.21. The van der Waals surface area contributed by atoms with Gasteiger partial charge >= 0.3 is 5.97 Å². The van der Waals surface area contributed by atoms with Crippen LogP contribution in [0.15, 0.2) is 84.9 Å². The fourth-order valence-corrected chi connectivity index (χ4v) is 2.43. The third-order valence-corrected chi connectivity index (χ3v) is 3.89. The van der Waals surface area contributed by atoms with Gasteiger partial charge in [0.2, 0.25) is 0 Å². The van der Waals surface area contributed by atoms with Crippen LogP contribution in [0.3, 0.4) is 0 Å². The first-order valence-electron chi connectivity index (χ1n) is 8.64. The number of esters is 1. The zero-order valence-corrected chi connectivity index (χ0v) is 15.3. The second-order valence-corrected chi connectivity index (χ2v) is 5.87. The van der Waals surface area contributed by atoms with E-state index < -0.39 is 5.97 Å². The summed E-state index contributed by atoms with van der Waals surface area (Å²) >= 11 is 0. The number of carbonyl (C=O) groups is 2. The summed E-state index contributed by atoms with van der Waals surface area (Å²) in [5.74, 6) is 0.373. The highest BCUT2D eigenvalue weighted by Crippen LogP contribution is 2.16. The van der Waals surface area contributed by atoms with E-state index >= 15 is 0 Å². The Balaban J connectivity index is 1.56. The van der Waals surface area contributed by atoms with Gasteiger partial charge in [-0.2, -0.15) is 0 Å². The van der Waals surface area contributed by atoms with Crippen molar-refractivity contribution in [1.82, 2.24) is 0 Å². The summed E-state index contributed by atoms with van der Waals surface area (Å²) in [5.41, 5.74) is 2.04. The Morgan fingerprint density at radius 1 is 0.821 bits per heavy atom. The minimum atomic E-state index is -0.502. The molecule has 0 radical (unpaired) electrons. The van der Waals surface area contributed by atoms with Gasteiger partial charge in [0.05, 0.1) is 7.11 Å². The maximum atomic E-state index is 12.2. The number of benzene rings is 3. The van der Waals surface area contributed by atoms with Crippen molar-refractivity contribution in [3.63, 3.8) is 0 Å². The summed E-state index contributed by atoms with van der Waals surface area (Å²) in [5, 5.41) is 2.80. The van der Waals surface area contributed by atoms with Gasteiger partial charge in [0.15, 0.2) is 0 Å². The van der Waals surface area contributed by atoms with Crippen molar-refractivity contribution in [2.24, 2.45) is 0 Å². The SMILES string of the molecule is COc1ccc(/C=C/C(=O)Oc2ccc(C(=O)Nc3ccccc3)cc2)cc1. The molecule has 3 aromatic carbocycles. The number of carbonyl (C=O) groups excluding carboxylic acids is 2. The van der Waals surface area contributed by atoms with E-state index in [0.717, 1.165) is 11.3 Å². The van der Waals surface area contributed by atoms with E-state index in [2.05, 4.69) is 5.32 Å². The number of para-hydroxylation sites is 1. The van der Waals surface area contributed by atoms with E-state index in [1.165, 1.54) is 6.08 Å². The van der Waals surface area contributed by atoms with Crippen molar-refractivity contribution in [2.45, 2.75) is 0 Å². The Labute approximate surface area is 163 Å². The van der Waals surface area contributed by atoms with Crippen molar-refractivity contribution in [3.8, 4) is 11.5 Å². The van der Waals surface area contributed by atoms with E-state index in [9.17, 15) is 9.59 Å². The molecule has 0 saturated heterocycles. The molecule has 0 atom stereocenters. The van der Waals surface area contributed by atoms with Gasteiger partial charge in [-0.25, -0.2) is 4.79 Å². The molecule has 5 heteroatoms. The molecular weight excluding hydrogens is 354 g/mol. The molecule has 0 bridgehead atoms. The first-order chi connectivity index (χ1) is 13.6. The molecule has 1 N–H and O–H groups in total. The Hall–Kier alpha value is -3.86. The van der Waals surface area contributed by atoms with Gasteiger partial charge < -0.3 is 14.8 Å². The van der Waals surface area contributed by atoms with Gasteiger partial charge in [-0.3, -0.25) is 4.79 Å². The fraction of sp³-hybridized carbons (Fsp3) is 0.0435. The van der Waals surface area contributed by atoms with Crippen molar-refractivity contribution in [3.05, 3.63) is 96.1 Å². The normalized spacial score (nSPS) is 10.5. The third-order valence-electron chi connectivity index (χ3n) is 3.89. The van der Waals surface area contributed by atoms with Crippen LogP contribution in [0.2, 0.25) is 0 Å². The number of amides is 1. The van der Waals surface area contributed by atoms with Crippen molar-refractivity contribution >= 4 is 23.6 Å².